The SMILES string of the molecule is CCOC(=O)NCCNC(=O)Nc1ccccc1O. The maximum absolute atomic E-state index is 11.5. The van der Waals surface area contributed by atoms with Gasteiger partial charge in [-0.15, -0.1) is 0 Å². The fraction of sp³-hybridized carbons (Fsp3) is 0.333. The average Bonchev–Trinajstić information content (AvgIpc) is 2.38. The maximum Gasteiger partial charge on any atom is 0.407 e. The average molecular weight is 267 g/mol. The number of para-hydroxylation sites is 2. The Morgan fingerprint density at radius 2 is 1.89 bits per heavy atom. The van der Waals surface area contributed by atoms with Crippen molar-refractivity contribution in [2.45, 2.75) is 6.92 Å². The lowest BCUT2D eigenvalue weighted by Gasteiger charge is -2.09. The molecule has 0 spiro atoms. The number of anilines is 1. The summed E-state index contributed by atoms with van der Waals surface area (Å²) in [6.45, 7) is 2.51. The van der Waals surface area contributed by atoms with Crippen molar-refractivity contribution < 1.29 is 19.4 Å². The Morgan fingerprint density at radius 1 is 1.21 bits per heavy atom. The van der Waals surface area contributed by atoms with Gasteiger partial charge in [0.25, 0.3) is 0 Å². The number of phenolic OH excluding ortho intramolecular Hbond substituents is 1. The highest BCUT2D eigenvalue weighted by Crippen LogP contribution is 2.20. The Labute approximate surface area is 111 Å². The monoisotopic (exact) mass is 267 g/mol. The fourth-order valence-electron chi connectivity index (χ4n) is 1.27. The number of hydrogen-bond donors (Lipinski definition) is 4. The van der Waals surface area contributed by atoms with Crippen LogP contribution in [-0.4, -0.2) is 36.9 Å². The molecule has 0 unspecified atom stereocenters. The quantitative estimate of drug-likeness (QED) is 0.476. The van der Waals surface area contributed by atoms with Gasteiger partial charge in [-0.25, -0.2) is 9.59 Å². The van der Waals surface area contributed by atoms with Gasteiger partial charge in [0.1, 0.15) is 5.75 Å². The zero-order valence-corrected chi connectivity index (χ0v) is 10.6. The van der Waals surface area contributed by atoms with E-state index >= 15 is 0 Å². The molecule has 7 nitrogen and oxygen atoms in total. The van der Waals surface area contributed by atoms with Gasteiger partial charge in [-0.2, -0.15) is 0 Å². The number of nitrogens with one attached hydrogen (secondary N) is 3. The lowest BCUT2D eigenvalue weighted by Crippen LogP contribution is -2.37. The van der Waals surface area contributed by atoms with Crippen molar-refractivity contribution in [2.75, 3.05) is 25.0 Å². The van der Waals surface area contributed by atoms with Crippen LogP contribution in [0.25, 0.3) is 0 Å². The molecule has 1 aromatic carbocycles. The molecule has 19 heavy (non-hydrogen) atoms. The molecule has 0 aliphatic carbocycles. The summed E-state index contributed by atoms with van der Waals surface area (Å²) in [4.78, 5) is 22.4. The Bertz CT molecular complexity index is 437. The fourth-order valence-corrected chi connectivity index (χ4v) is 1.27. The molecule has 0 aliphatic heterocycles. The van der Waals surface area contributed by atoms with Gasteiger partial charge in [0.05, 0.1) is 12.3 Å². The molecule has 1 aromatic rings. The van der Waals surface area contributed by atoms with Crippen LogP contribution >= 0.6 is 0 Å². The molecule has 0 saturated carbocycles. The van der Waals surface area contributed by atoms with Crippen LogP contribution in [0.3, 0.4) is 0 Å². The summed E-state index contributed by atoms with van der Waals surface area (Å²) in [5, 5.41) is 16.9. The number of aromatic hydroxyl groups is 1. The van der Waals surface area contributed by atoms with E-state index < -0.39 is 12.1 Å². The number of ether oxygens (including phenoxy) is 1. The number of rotatable bonds is 5. The van der Waals surface area contributed by atoms with Crippen molar-refractivity contribution in [3.63, 3.8) is 0 Å². The van der Waals surface area contributed by atoms with E-state index in [0.29, 0.717) is 12.3 Å². The van der Waals surface area contributed by atoms with Gasteiger partial charge in [-0.3, -0.25) is 0 Å². The number of benzene rings is 1. The van der Waals surface area contributed by atoms with E-state index in [-0.39, 0.29) is 18.8 Å². The van der Waals surface area contributed by atoms with Crippen molar-refractivity contribution in [3.05, 3.63) is 24.3 Å². The second-order valence-corrected chi connectivity index (χ2v) is 3.55. The van der Waals surface area contributed by atoms with Crippen LogP contribution in [0.4, 0.5) is 15.3 Å². The Morgan fingerprint density at radius 3 is 2.58 bits per heavy atom. The van der Waals surface area contributed by atoms with E-state index in [1.165, 1.54) is 6.07 Å². The number of phenols is 1. The highest BCUT2D eigenvalue weighted by Gasteiger charge is 2.05. The van der Waals surface area contributed by atoms with E-state index in [4.69, 9.17) is 0 Å². The van der Waals surface area contributed by atoms with Crippen LogP contribution in [0.15, 0.2) is 24.3 Å². The van der Waals surface area contributed by atoms with Gasteiger partial charge >= 0.3 is 12.1 Å². The third kappa shape index (κ3) is 5.62. The van der Waals surface area contributed by atoms with Gasteiger partial charge in [0.15, 0.2) is 0 Å². The molecule has 0 aliphatic rings. The number of urea groups is 1. The summed E-state index contributed by atoms with van der Waals surface area (Å²) < 4.78 is 4.65. The van der Waals surface area contributed by atoms with Crippen LogP contribution in [0.2, 0.25) is 0 Å². The zero-order chi connectivity index (χ0) is 14.1. The summed E-state index contributed by atoms with van der Waals surface area (Å²) in [5.74, 6) is -0.0118. The topological polar surface area (TPSA) is 99.7 Å². The minimum absolute atomic E-state index is 0.0118. The van der Waals surface area contributed by atoms with Crippen molar-refractivity contribution in [2.24, 2.45) is 0 Å². The highest BCUT2D eigenvalue weighted by atomic mass is 16.5. The van der Waals surface area contributed by atoms with E-state index in [0.717, 1.165) is 0 Å². The summed E-state index contributed by atoms with van der Waals surface area (Å²) >= 11 is 0. The Kier molecular flexibility index (Phi) is 6.00. The smallest absolute Gasteiger partial charge is 0.407 e. The predicted molar refractivity (Wildman–Crippen MR) is 70.2 cm³/mol. The van der Waals surface area contributed by atoms with Crippen LogP contribution < -0.4 is 16.0 Å². The van der Waals surface area contributed by atoms with E-state index in [1.54, 1.807) is 25.1 Å². The van der Waals surface area contributed by atoms with Crippen molar-refractivity contribution in [1.29, 1.82) is 0 Å². The second-order valence-electron chi connectivity index (χ2n) is 3.55. The molecule has 0 saturated heterocycles. The number of amides is 3. The molecule has 7 heteroatoms. The molecule has 0 radical (unpaired) electrons. The van der Waals surface area contributed by atoms with E-state index in [1.807, 2.05) is 0 Å². The third-order valence-electron chi connectivity index (χ3n) is 2.11. The van der Waals surface area contributed by atoms with Crippen LogP contribution in [0.1, 0.15) is 6.92 Å². The normalized spacial score (nSPS) is 9.53. The molecule has 0 bridgehead atoms. The first-order valence-corrected chi connectivity index (χ1v) is 5.87. The van der Waals surface area contributed by atoms with Crippen molar-refractivity contribution >= 4 is 17.8 Å². The molecule has 4 N–H and O–H groups in total. The molecule has 0 atom stereocenters. The second kappa shape index (κ2) is 7.80. The van der Waals surface area contributed by atoms with Gasteiger partial charge in [0, 0.05) is 13.1 Å². The first-order chi connectivity index (χ1) is 9.13. The Hall–Kier alpha value is -2.44. The summed E-state index contributed by atoms with van der Waals surface area (Å²) in [7, 11) is 0. The molecule has 1 rings (SSSR count). The molecule has 3 amide bonds. The minimum Gasteiger partial charge on any atom is -0.506 e. The van der Waals surface area contributed by atoms with Crippen molar-refractivity contribution in [3.8, 4) is 5.75 Å². The van der Waals surface area contributed by atoms with Crippen LogP contribution in [0.5, 0.6) is 5.75 Å². The zero-order valence-electron chi connectivity index (χ0n) is 10.6. The summed E-state index contributed by atoms with van der Waals surface area (Å²) in [6.07, 6.45) is -0.523. The lowest BCUT2D eigenvalue weighted by atomic mass is 10.3. The maximum atomic E-state index is 11.5. The predicted octanol–water partition coefficient (Wildman–Crippen LogP) is 1.26. The lowest BCUT2D eigenvalue weighted by molar-refractivity contribution is 0.152. The van der Waals surface area contributed by atoms with Crippen LogP contribution in [0, 0.1) is 0 Å². The third-order valence-corrected chi connectivity index (χ3v) is 2.11. The Balaban J connectivity index is 2.22. The van der Waals surface area contributed by atoms with Gasteiger partial charge in [-0.1, -0.05) is 12.1 Å². The van der Waals surface area contributed by atoms with E-state index in [9.17, 15) is 14.7 Å². The number of carbonyl (C=O) groups is 2. The first kappa shape index (κ1) is 14.6. The summed E-state index contributed by atoms with van der Waals surface area (Å²) in [6, 6.07) is 5.93. The molecular formula is C12H17N3O4. The van der Waals surface area contributed by atoms with Gasteiger partial charge < -0.3 is 25.8 Å². The van der Waals surface area contributed by atoms with Crippen LogP contribution in [-0.2, 0) is 4.74 Å². The molecule has 0 heterocycles. The summed E-state index contributed by atoms with van der Waals surface area (Å²) in [5.41, 5.74) is 0.318. The number of carbonyl (C=O) groups excluding carboxylic acids is 2. The van der Waals surface area contributed by atoms with Crippen molar-refractivity contribution in [1.82, 2.24) is 10.6 Å². The van der Waals surface area contributed by atoms with Gasteiger partial charge in [-0.05, 0) is 19.1 Å². The molecular weight excluding hydrogens is 250 g/mol. The molecule has 104 valence electrons. The van der Waals surface area contributed by atoms with Gasteiger partial charge in [0.2, 0.25) is 0 Å². The molecule has 0 aromatic heterocycles. The van der Waals surface area contributed by atoms with E-state index in [2.05, 4.69) is 20.7 Å². The largest absolute Gasteiger partial charge is 0.506 e. The number of alkyl carbamates (subject to hydrolysis) is 1. The number of hydrogen-bond acceptors (Lipinski definition) is 4. The minimum atomic E-state index is -0.523. The highest BCUT2D eigenvalue weighted by molar-refractivity contribution is 5.90. The standard InChI is InChI=1S/C12H17N3O4/c1-2-19-12(18)14-8-7-13-11(17)15-9-5-3-4-6-10(9)16/h3-6,16H,2,7-8H2,1H3,(H,14,18)(H2,13,15,17). The first-order valence-electron chi connectivity index (χ1n) is 5.87. The molecule has 0 fully saturated rings.